The second kappa shape index (κ2) is 6.56. The summed E-state index contributed by atoms with van der Waals surface area (Å²) in [6, 6.07) is 6.16. The maximum Gasteiger partial charge on any atom is 0.414 e. The minimum Gasteiger partial charge on any atom is -0.494 e. The van der Waals surface area contributed by atoms with Crippen molar-refractivity contribution in [3.05, 3.63) is 29.8 Å². The molecule has 106 valence electrons. The van der Waals surface area contributed by atoms with Crippen LogP contribution < -0.4 is 4.74 Å². The van der Waals surface area contributed by atoms with Gasteiger partial charge in [-0.25, -0.2) is 0 Å². The summed E-state index contributed by atoms with van der Waals surface area (Å²) >= 11 is 0. The Morgan fingerprint density at radius 3 is 2.32 bits per heavy atom. The fraction of sp³-hybridized carbons (Fsp3) is 0.462. The number of rotatable bonds is 6. The molecule has 19 heavy (non-hydrogen) atoms. The highest BCUT2D eigenvalue weighted by Gasteiger charge is 2.37. The van der Waals surface area contributed by atoms with Crippen LogP contribution in [0.1, 0.15) is 24.2 Å². The molecule has 1 atom stereocenters. The second-order valence-corrected chi connectivity index (χ2v) is 3.88. The fourth-order valence-electron chi connectivity index (χ4n) is 1.28. The van der Waals surface area contributed by atoms with Gasteiger partial charge in [-0.1, -0.05) is 0 Å². The van der Waals surface area contributed by atoms with E-state index in [1.165, 1.54) is 12.1 Å². The summed E-state index contributed by atoms with van der Waals surface area (Å²) in [6.45, 7) is 2.59. The number of Topliss-reactive ketones (excluding diaryl/α,β-unsaturated/α-hetero) is 1. The lowest BCUT2D eigenvalue weighted by Crippen LogP contribution is -2.30. The third-order valence-electron chi connectivity index (χ3n) is 2.41. The summed E-state index contributed by atoms with van der Waals surface area (Å²) in [5.74, 6) is 0.0998. The zero-order valence-corrected chi connectivity index (χ0v) is 10.7. The molecule has 0 saturated carbocycles. The van der Waals surface area contributed by atoms with E-state index in [1.807, 2.05) is 6.92 Å². The van der Waals surface area contributed by atoms with Crippen LogP contribution in [0, 0.1) is 0 Å². The molecule has 1 aromatic rings. The molecule has 0 radical (unpaired) electrons. The molecule has 0 aliphatic heterocycles. The molecule has 1 aromatic carbocycles. The number of hydrogen-bond donors (Lipinski definition) is 0. The van der Waals surface area contributed by atoms with E-state index in [0.29, 0.717) is 12.4 Å². The second-order valence-electron chi connectivity index (χ2n) is 3.88. The van der Waals surface area contributed by atoms with E-state index in [0.717, 1.165) is 6.92 Å². The molecule has 0 aliphatic carbocycles. The van der Waals surface area contributed by atoms with Crippen LogP contribution >= 0.6 is 0 Å². The van der Waals surface area contributed by atoms with Crippen LogP contribution in [0.2, 0.25) is 0 Å². The first-order valence-corrected chi connectivity index (χ1v) is 5.79. The fourth-order valence-corrected chi connectivity index (χ4v) is 1.28. The van der Waals surface area contributed by atoms with E-state index in [-0.39, 0.29) is 5.56 Å². The highest BCUT2D eigenvalue weighted by Crippen LogP contribution is 2.22. The zero-order valence-electron chi connectivity index (χ0n) is 10.7. The van der Waals surface area contributed by atoms with Crippen molar-refractivity contribution >= 4 is 5.78 Å². The minimum absolute atomic E-state index is 0.290. The van der Waals surface area contributed by atoms with Gasteiger partial charge in [-0.3, -0.25) is 4.79 Å². The van der Waals surface area contributed by atoms with Crippen molar-refractivity contribution in [1.29, 1.82) is 0 Å². The first kappa shape index (κ1) is 15.5. The highest BCUT2D eigenvalue weighted by molar-refractivity contribution is 5.97. The Hall–Kier alpha value is -1.56. The van der Waals surface area contributed by atoms with Gasteiger partial charge in [0.25, 0.3) is 0 Å². The molecular formula is C13H15F3O3. The summed E-state index contributed by atoms with van der Waals surface area (Å²) in [4.78, 5) is 11.6. The number of ketones is 1. The topological polar surface area (TPSA) is 35.5 Å². The first-order chi connectivity index (χ1) is 8.84. The van der Waals surface area contributed by atoms with Crippen molar-refractivity contribution in [1.82, 2.24) is 0 Å². The van der Waals surface area contributed by atoms with Crippen molar-refractivity contribution in [3.63, 3.8) is 0 Å². The maximum absolute atomic E-state index is 12.2. The molecular weight excluding hydrogens is 261 g/mol. The molecule has 0 amide bonds. The van der Waals surface area contributed by atoms with Crippen LogP contribution in [0.3, 0.4) is 0 Å². The lowest BCUT2D eigenvalue weighted by atomic mass is 10.1. The number of carbonyl (C=O) groups excluding carboxylic acids is 1. The van der Waals surface area contributed by atoms with Gasteiger partial charge < -0.3 is 9.47 Å². The van der Waals surface area contributed by atoms with E-state index < -0.39 is 24.7 Å². The Bertz CT molecular complexity index is 412. The Labute approximate surface area is 109 Å². The molecule has 0 fully saturated rings. The number of halogens is 3. The lowest BCUT2D eigenvalue weighted by Gasteiger charge is -2.15. The number of carbonyl (C=O) groups is 1. The molecule has 0 N–H and O–H groups in total. The number of ether oxygens (including phenoxy) is 2. The van der Waals surface area contributed by atoms with Crippen LogP contribution in [0.5, 0.6) is 5.75 Å². The summed E-state index contributed by atoms with van der Waals surface area (Å²) < 4.78 is 46.2. The quantitative estimate of drug-likeness (QED) is 0.748. The average molecular weight is 276 g/mol. The molecule has 1 unspecified atom stereocenters. The Morgan fingerprint density at radius 2 is 1.84 bits per heavy atom. The van der Waals surface area contributed by atoms with Crippen LogP contribution in [-0.4, -0.2) is 31.3 Å². The van der Waals surface area contributed by atoms with Gasteiger partial charge >= 0.3 is 6.18 Å². The summed E-state index contributed by atoms with van der Waals surface area (Å²) in [5.41, 5.74) is 0.290. The molecule has 0 bridgehead atoms. The van der Waals surface area contributed by atoms with Crippen LogP contribution in [0.25, 0.3) is 0 Å². The van der Waals surface area contributed by atoms with Gasteiger partial charge in [0.05, 0.1) is 6.61 Å². The van der Waals surface area contributed by atoms with Crippen molar-refractivity contribution in [2.45, 2.75) is 26.1 Å². The third-order valence-corrected chi connectivity index (χ3v) is 2.41. The Kier molecular flexibility index (Phi) is 5.35. The van der Waals surface area contributed by atoms with Gasteiger partial charge in [0.1, 0.15) is 12.4 Å². The van der Waals surface area contributed by atoms with Crippen LogP contribution in [-0.2, 0) is 4.74 Å². The molecule has 6 heteroatoms. The molecule has 3 nitrogen and oxygen atoms in total. The predicted octanol–water partition coefficient (Wildman–Crippen LogP) is 3.24. The molecule has 0 aliphatic rings. The zero-order chi connectivity index (χ0) is 14.5. The molecule has 0 heterocycles. The van der Waals surface area contributed by atoms with Gasteiger partial charge in [0.15, 0.2) is 11.9 Å². The van der Waals surface area contributed by atoms with E-state index in [1.54, 1.807) is 12.1 Å². The number of hydrogen-bond acceptors (Lipinski definition) is 3. The van der Waals surface area contributed by atoms with Crippen LogP contribution in [0.4, 0.5) is 13.2 Å². The summed E-state index contributed by atoms with van der Waals surface area (Å²) in [6.07, 6.45) is -6.42. The molecule has 0 saturated heterocycles. The van der Waals surface area contributed by atoms with E-state index in [4.69, 9.17) is 4.74 Å². The van der Waals surface area contributed by atoms with E-state index >= 15 is 0 Å². The van der Waals surface area contributed by atoms with Crippen molar-refractivity contribution in [3.8, 4) is 5.75 Å². The van der Waals surface area contributed by atoms with Crippen molar-refractivity contribution in [2.24, 2.45) is 0 Å². The minimum atomic E-state index is -4.46. The SMILES string of the molecule is CCOc1ccc(C(=O)COC(C)C(F)(F)F)cc1. The number of alkyl halides is 3. The maximum atomic E-state index is 12.2. The van der Waals surface area contributed by atoms with Gasteiger partial charge in [-0.15, -0.1) is 0 Å². The number of benzene rings is 1. The molecule has 1 rings (SSSR count). The van der Waals surface area contributed by atoms with Gasteiger partial charge in [0, 0.05) is 5.56 Å². The largest absolute Gasteiger partial charge is 0.494 e. The third kappa shape index (κ3) is 4.90. The molecule has 0 spiro atoms. The average Bonchev–Trinajstić information content (AvgIpc) is 2.35. The van der Waals surface area contributed by atoms with Gasteiger partial charge in [0.2, 0.25) is 0 Å². The standard InChI is InChI=1S/C13H15F3O3/c1-3-18-11-6-4-10(5-7-11)12(17)8-19-9(2)13(14,15)16/h4-7,9H,3,8H2,1-2H3. The lowest BCUT2D eigenvalue weighted by molar-refractivity contribution is -0.210. The van der Waals surface area contributed by atoms with Crippen molar-refractivity contribution < 1.29 is 27.4 Å². The normalized spacial score (nSPS) is 13.1. The van der Waals surface area contributed by atoms with E-state index in [2.05, 4.69) is 4.74 Å². The predicted molar refractivity (Wildman–Crippen MR) is 63.4 cm³/mol. The smallest absolute Gasteiger partial charge is 0.414 e. The van der Waals surface area contributed by atoms with E-state index in [9.17, 15) is 18.0 Å². The summed E-state index contributed by atoms with van der Waals surface area (Å²) in [7, 11) is 0. The molecule has 0 aromatic heterocycles. The first-order valence-electron chi connectivity index (χ1n) is 5.79. The van der Waals surface area contributed by atoms with Crippen molar-refractivity contribution in [2.75, 3.05) is 13.2 Å². The Balaban J connectivity index is 2.54. The van der Waals surface area contributed by atoms with Gasteiger partial charge in [-0.05, 0) is 38.1 Å². The highest BCUT2D eigenvalue weighted by atomic mass is 19.4. The summed E-state index contributed by atoms with van der Waals surface area (Å²) in [5, 5.41) is 0. The van der Waals surface area contributed by atoms with Gasteiger partial charge in [-0.2, -0.15) is 13.2 Å². The Morgan fingerprint density at radius 1 is 1.26 bits per heavy atom. The monoisotopic (exact) mass is 276 g/mol. The van der Waals surface area contributed by atoms with Crippen LogP contribution in [0.15, 0.2) is 24.3 Å².